The molecule has 1 aliphatic heterocycles. The summed E-state index contributed by atoms with van der Waals surface area (Å²) in [6, 6.07) is 15.3. The summed E-state index contributed by atoms with van der Waals surface area (Å²) in [5, 5.41) is 11.5. The number of anilines is 2. The number of ether oxygens (including phenoxy) is 1. The standard InChI is InChI=1S/C24H27N5O3S/c1-3-12-28-13-15-29(16-14-28)21-7-5-4-6-20(21)25-22(30)17-33-24-27-26-23(32-24)18-8-10-19(31-2)11-9-18/h3-11H,1,12-17H2,2H3,(H,25,30). The van der Waals surface area contributed by atoms with E-state index in [-0.39, 0.29) is 11.7 Å². The van der Waals surface area contributed by atoms with Crippen LogP contribution in [-0.2, 0) is 4.79 Å². The van der Waals surface area contributed by atoms with Crippen LogP contribution in [-0.4, -0.2) is 66.6 Å². The molecule has 172 valence electrons. The number of benzene rings is 2. The largest absolute Gasteiger partial charge is 0.497 e. The van der Waals surface area contributed by atoms with Gasteiger partial charge in [0.2, 0.25) is 11.8 Å². The lowest BCUT2D eigenvalue weighted by atomic mass is 10.2. The summed E-state index contributed by atoms with van der Waals surface area (Å²) in [5.74, 6) is 1.21. The topological polar surface area (TPSA) is 83.7 Å². The number of nitrogens with zero attached hydrogens (tertiary/aromatic N) is 4. The predicted octanol–water partition coefficient (Wildman–Crippen LogP) is 3.78. The number of thioether (sulfide) groups is 1. The van der Waals surface area contributed by atoms with Crippen LogP contribution >= 0.6 is 11.8 Å². The molecule has 33 heavy (non-hydrogen) atoms. The fourth-order valence-electron chi connectivity index (χ4n) is 3.64. The first-order valence-corrected chi connectivity index (χ1v) is 11.7. The molecule has 2 heterocycles. The highest BCUT2D eigenvalue weighted by Gasteiger charge is 2.19. The Morgan fingerprint density at radius 2 is 1.91 bits per heavy atom. The van der Waals surface area contributed by atoms with Crippen LogP contribution in [0.4, 0.5) is 11.4 Å². The molecule has 1 aromatic heterocycles. The molecular formula is C24H27N5O3S. The van der Waals surface area contributed by atoms with Gasteiger partial charge in [0.25, 0.3) is 5.22 Å². The van der Waals surface area contributed by atoms with E-state index in [2.05, 4.69) is 31.9 Å². The number of carbonyl (C=O) groups is 1. The van der Waals surface area contributed by atoms with E-state index in [1.807, 2.05) is 54.6 Å². The van der Waals surface area contributed by atoms with Crippen molar-refractivity contribution in [2.45, 2.75) is 5.22 Å². The Hall–Kier alpha value is -3.30. The van der Waals surface area contributed by atoms with Gasteiger partial charge < -0.3 is 19.4 Å². The van der Waals surface area contributed by atoms with E-state index < -0.39 is 0 Å². The van der Waals surface area contributed by atoms with E-state index in [1.165, 1.54) is 11.8 Å². The van der Waals surface area contributed by atoms with Crippen molar-refractivity contribution in [3.05, 3.63) is 61.2 Å². The van der Waals surface area contributed by atoms with Gasteiger partial charge in [0.1, 0.15) is 5.75 Å². The number of methoxy groups -OCH3 is 1. The van der Waals surface area contributed by atoms with Gasteiger partial charge in [-0.3, -0.25) is 9.69 Å². The molecule has 0 atom stereocenters. The van der Waals surface area contributed by atoms with Crippen molar-refractivity contribution in [3.8, 4) is 17.2 Å². The van der Waals surface area contributed by atoms with E-state index in [9.17, 15) is 4.79 Å². The number of hydrogen-bond donors (Lipinski definition) is 1. The van der Waals surface area contributed by atoms with E-state index in [1.54, 1.807) is 7.11 Å². The fourth-order valence-corrected chi connectivity index (χ4v) is 4.20. The van der Waals surface area contributed by atoms with E-state index >= 15 is 0 Å². The molecule has 4 rings (SSSR count). The number of carbonyl (C=O) groups excluding carboxylic acids is 1. The zero-order valence-corrected chi connectivity index (χ0v) is 19.4. The van der Waals surface area contributed by atoms with Gasteiger partial charge in [-0.05, 0) is 36.4 Å². The number of aromatic nitrogens is 2. The third kappa shape index (κ3) is 5.94. The van der Waals surface area contributed by atoms with E-state index in [0.29, 0.717) is 11.1 Å². The van der Waals surface area contributed by atoms with Crippen LogP contribution in [0.3, 0.4) is 0 Å². The van der Waals surface area contributed by atoms with Crippen molar-refractivity contribution in [1.82, 2.24) is 15.1 Å². The van der Waals surface area contributed by atoms with Crippen molar-refractivity contribution >= 4 is 29.0 Å². The number of piperazine rings is 1. The van der Waals surface area contributed by atoms with Crippen molar-refractivity contribution in [3.63, 3.8) is 0 Å². The predicted molar refractivity (Wildman–Crippen MR) is 131 cm³/mol. The minimum Gasteiger partial charge on any atom is -0.497 e. The molecule has 0 saturated carbocycles. The van der Waals surface area contributed by atoms with Gasteiger partial charge in [0.15, 0.2) is 0 Å². The molecular weight excluding hydrogens is 438 g/mol. The van der Waals surface area contributed by atoms with Gasteiger partial charge in [0.05, 0.1) is 24.2 Å². The van der Waals surface area contributed by atoms with Crippen LogP contribution in [0, 0.1) is 0 Å². The molecule has 0 spiro atoms. The Bertz CT molecular complexity index is 1080. The second-order valence-corrected chi connectivity index (χ2v) is 8.46. The van der Waals surface area contributed by atoms with Gasteiger partial charge in [-0.15, -0.1) is 16.8 Å². The van der Waals surface area contributed by atoms with Crippen LogP contribution in [0.2, 0.25) is 0 Å². The maximum absolute atomic E-state index is 12.6. The molecule has 2 aromatic carbocycles. The lowest BCUT2D eigenvalue weighted by molar-refractivity contribution is -0.113. The van der Waals surface area contributed by atoms with Crippen molar-refractivity contribution < 1.29 is 13.9 Å². The molecule has 0 radical (unpaired) electrons. The molecule has 0 unspecified atom stereocenters. The first kappa shape index (κ1) is 22.9. The average Bonchev–Trinajstić information content (AvgIpc) is 3.33. The summed E-state index contributed by atoms with van der Waals surface area (Å²) in [4.78, 5) is 17.3. The molecule has 1 N–H and O–H groups in total. The smallest absolute Gasteiger partial charge is 0.277 e. The quantitative estimate of drug-likeness (QED) is 0.378. The third-order valence-electron chi connectivity index (χ3n) is 5.35. The number of nitrogens with one attached hydrogen (secondary N) is 1. The van der Waals surface area contributed by atoms with Crippen LogP contribution < -0.4 is 15.0 Å². The van der Waals surface area contributed by atoms with Gasteiger partial charge in [-0.25, -0.2) is 0 Å². The van der Waals surface area contributed by atoms with Gasteiger partial charge in [-0.1, -0.05) is 30.0 Å². The Labute approximate surface area is 197 Å². The number of para-hydroxylation sites is 2. The van der Waals surface area contributed by atoms with Crippen molar-refractivity contribution in [2.24, 2.45) is 0 Å². The summed E-state index contributed by atoms with van der Waals surface area (Å²) in [6.45, 7) is 8.48. The highest BCUT2D eigenvalue weighted by atomic mass is 32.2. The summed E-state index contributed by atoms with van der Waals surface area (Å²) < 4.78 is 10.9. The molecule has 0 aliphatic carbocycles. The molecule has 3 aromatic rings. The fraction of sp³-hybridized carbons (Fsp3) is 0.292. The highest BCUT2D eigenvalue weighted by Crippen LogP contribution is 2.28. The second kappa shape index (κ2) is 11.0. The number of hydrogen-bond acceptors (Lipinski definition) is 8. The van der Waals surface area contributed by atoms with Crippen LogP contribution in [0.15, 0.2) is 70.8 Å². The normalized spacial score (nSPS) is 14.2. The van der Waals surface area contributed by atoms with Gasteiger partial charge in [-0.2, -0.15) is 0 Å². The molecule has 1 amide bonds. The Balaban J connectivity index is 1.32. The Morgan fingerprint density at radius 1 is 1.15 bits per heavy atom. The lowest BCUT2D eigenvalue weighted by Gasteiger charge is -2.36. The minimum atomic E-state index is -0.123. The SMILES string of the molecule is C=CCN1CCN(c2ccccc2NC(=O)CSc2nnc(-c3ccc(OC)cc3)o2)CC1. The van der Waals surface area contributed by atoms with Crippen molar-refractivity contribution in [1.29, 1.82) is 0 Å². The van der Waals surface area contributed by atoms with Crippen molar-refractivity contribution in [2.75, 3.05) is 55.8 Å². The highest BCUT2D eigenvalue weighted by molar-refractivity contribution is 7.99. The molecule has 1 fully saturated rings. The lowest BCUT2D eigenvalue weighted by Crippen LogP contribution is -2.46. The van der Waals surface area contributed by atoms with Crippen LogP contribution in [0.25, 0.3) is 11.5 Å². The minimum absolute atomic E-state index is 0.123. The summed E-state index contributed by atoms with van der Waals surface area (Å²) in [6.07, 6.45) is 1.94. The summed E-state index contributed by atoms with van der Waals surface area (Å²) in [5.41, 5.74) is 2.64. The summed E-state index contributed by atoms with van der Waals surface area (Å²) in [7, 11) is 1.62. The average molecular weight is 466 g/mol. The van der Waals surface area contributed by atoms with E-state index in [4.69, 9.17) is 9.15 Å². The second-order valence-electron chi connectivity index (χ2n) is 7.53. The zero-order valence-electron chi connectivity index (χ0n) is 18.6. The third-order valence-corrected chi connectivity index (χ3v) is 6.17. The summed E-state index contributed by atoms with van der Waals surface area (Å²) >= 11 is 1.21. The monoisotopic (exact) mass is 465 g/mol. The van der Waals surface area contributed by atoms with Crippen LogP contribution in [0.1, 0.15) is 0 Å². The van der Waals surface area contributed by atoms with Gasteiger partial charge >= 0.3 is 0 Å². The number of amides is 1. The van der Waals surface area contributed by atoms with Crippen LogP contribution in [0.5, 0.6) is 5.75 Å². The maximum atomic E-state index is 12.6. The maximum Gasteiger partial charge on any atom is 0.277 e. The first-order valence-electron chi connectivity index (χ1n) is 10.7. The zero-order chi connectivity index (χ0) is 23.0. The Morgan fingerprint density at radius 3 is 2.64 bits per heavy atom. The Kier molecular flexibility index (Phi) is 7.64. The molecule has 0 bridgehead atoms. The number of rotatable bonds is 9. The molecule has 8 nitrogen and oxygen atoms in total. The first-order chi connectivity index (χ1) is 16.2. The molecule has 1 saturated heterocycles. The molecule has 9 heteroatoms. The molecule has 1 aliphatic rings. The van der Waals surface area contributed by atoms with E-state index in [0.717, 1.165) is 55.4 Å². The van der Waals surface area contributed by atoms with Gasteiger partial charge in [0, 0.05) is 38.3 Å².